The molecule has 1 amide bonds. The lowest BCUT2D eigenvalue weighted by Gasteiger charge is -2.31. The van der Waals surface area contributed by atoms with E-state index >= 15 is 0 Å². The smallest absolute Gasteiger partial charge is 0.210 e. The largest absolute Gasteiger partial charge is 0.330 e. The molecule has 2 aromatic heterocycles. The zero-order chi connectivity index (χ0) is 12.1. The second kappa shape index (κ2) is 3.65. The van der Waals surface area contributed by atoms with E-state index < -0.39 is 0 Å². The highest BCUT2D eigenvalue weighted by Gasteiger charge is 2.41. The number of fused-ring (bicyclic) bond motifs is 4. The van der Waals surface area contributed by atoms with E-state index in [0.717, 1.165) is 42.3 Å². The monoisotopic (exact) mass is 260 g/mol. The van der Waals surface area contributed by atoms with Crippen LogP contribution in [-0.2, 0) is 11.3 Å². The molecule has 0 aromatic carbocycles. The Labute approximate surface area is 108 Å². The highest BCUT2D eigenvalue weighted by Crippen LogP contribution is 2.40. The normalized spacial score (nSPS) is 25.2. The van der Waals surface area contributed by atoms with Gasteiger partial charge in [-0.15, -0.1) is 21.5 Å². The van der Waals surface area contributed by atoms with E-state index in [1.807, 2.05) is 16.3 Å². The molecule has 4 rings (SSSR count). The quantitative estimate of drug-likeness (QED) is 0.772. The summed E-state index contributed by atoms with van der Waals surface area (Å²) in [6.07, 6.45) is 3.04. The molecule has 92 valence electrons. The number of hydrogen-bond acceptors (Lipinski definition) is 4. The third-order valence-corrected chi connectivity index (χ3v) is 4.75. The van der Waals surface area contributed by atoms with E-state index in [2.05, 4.69) is 20.8 Å². The van der Waals surface area contributed by atoms with Crippen molar-refractivity contribution in [3.63, 3.8) is 0 Å². The fourth-order valence-corrected chi connectivity index (χ4v) is 3.77. The van der Waals surface area contributed by atoms with E-state index in [-0.39, 0.29) is 6.04 Å². The predicted octanol–water partition coefficient (Wildman–Crippen LogP) is 1.68. The average molecular weight is 260 g/mol. The number of hydrogen-bond donors (Lipinski definition) is 0. The van der Waals surface area contributed by atoms with E-state index in [4.69, 9.17) is 0 Å². The molecule has 6 heteroatoms. The van der Waals surface area contributed by atoms with Gasteiger partial charge in [0.25, 0.3) is 0 Å². The van der Waals surface area contributed by atoms with Gasteiger partial charge in [0, 0.05) is 6.54 Å². The van der Waals surface area contributed by atoms with Gasteiger partial charge in [0.1, 0.15) is 0 Å². The molecule has 4 heterocycles. The molecule has 0 radical (unpaired) electrons. The molecule has 2 aliphatic heterocycles. The Hall–Kier alpha value is -1.69. The fourth-order valence-electron chi connectivity index (χ4n) is 3.05. The number of carbonyl (C=O) groups excluding carboxylic acids is 1. The van der Waals surface area contributed by atoms with Gasteiger partial charge in [0.05, 0.1) is 17.0 Å². The highest BCUT2D eigenvalue weighted by molar-refractivity contribution is 7.13. The lowest BCUT2D eigenvalue weighted by atomic mass is 10.2. The second-order valence-corrected chi connectivity index (χ2v) is 5.72. The van der Waals surface area contributed by atoms with Gasteiger partial charge in [-0.25, -0.2) is 0 Å². The minimum absolute atomic E-state index is 0.127. The molecular formula is C12H12N4OS. The lowest BCUT2D eigenvalue weighted by molar-refractivity contribution is -0.122. The Balaban J connectivity index is 1.84. The maximum Gasteiger partial charge on any atom is 0.210 e. The summed E-state index contributed by atoms with van der Waals surface area (Å²) in [5.74, 6) is 1.89. The maximum atomic E-state index is 11.1. The van der Waals surface area contributed by atoms with Crippen LogP contribution in [0.5, 0.6) is 0 Å². The van der Waals surface area contributed by atoms with Crippen molar-refractivity contribution in [1.82, 2.24) is 19.7 Å². The van der Waals surface area contributed by atoms with Gasteiger partial charge in [-0.2, -0.15) is 0 Å². The Morgan fingerprint density at radius 3 is 3.11 bits per heavy atom. The number of aromatic nitrogens is 3. The molecule has 2 atom stereocenters. The van der Waals surface area contributed by atoms with Gasteiger partial charge in [0.2, 0.25) is 6.41 Å². The van der Waals surface area contributed by atoms with E-state index in [1.54, 1.807) is 11.3 Å². The van der Waals surface area contributed by atoms with Crippen LogP contribution in [0.15, 0.2) is 17.5 Å². The van der Waals surface area contributed by atoms with Gasteiger partial charge in [-0.1, -0.05) is 6.07 Å². The van der Waals surface area contributed by atoms with Crippen LogP contribution < -0.4 is 0 Å². The van der Waals surface area contributed by atoms with Crippen LogP contribution in [0.2, 0.25) is 0 Å². The first kappa shape index (κ1) is 10.3. The minimum Gasteiger partial charge on any atom is -0.330 e. The summed E-state index contributed by atoms with van der Waals surface area (Å²) in [7, 11) is 0. The SMILES string of the molecule is O=CN1C2CCC1c1nnc(-c3cccs3)n1C2. The number of amides is 1. The van der Waals surface area contributed by atoms with Crippen molar-refractivity contribution in [3.8, 4) is 10.7 Å². The first-order valence-corrected chi connectivity index (χ1v) is 6.96. The van der Waals surface area contributed by atoms with Gasteiger partial charge in [-0.05, 0) is 24.3 Å². The maximum absolute atomic E-state index is 11.1. The third kappa shape index (κ3) is 1.23. The zero-order valence-corrected chi connectivity index (χ0v) is 10.5. The molecule has 2 bridgehead atoms. The number of carbonyl (C=O) groups is 1. The molecule has 0 aliphatic carbocycles. The van der Waals surface area contributed by atoms with Crippen molar-refractivity contribution in [3.05, 3.63) is 23.3 Å². The average Bonchev–Trinajstić information content (AvgIpc) is 3.08. The van der Waals surface area contributed by atoms with Crippen molar-refractivity contribution in [2.75, 3.05) is 0 Å². The third-order valence-electron chi connectivity index (χ3n) is 3.89. The standard InChI is InChI=1S/C12H12N4OS/c17-7-16-8-3-4-9(16)11-13-14-12(15(11)6-8)10-2-1-5-18-10/h1-2,5,7-9H,3-4,6H2. The summed E-state index contributed by atoms with van der Waals surface area (Å²) in [6, 6.07) is 4.53. The van der Waals surface area contributed by atoms with Crippen LogP contribution in [0.25, 0.3) is 10.7 Å². The predicted molar refractivity (Wildman–Crippen MR) is 67.0 cm³/mol. The molecular weight excluding hydrogens is 248 g/mol. The molecule has 2 aromatic rings. The zero-order valence-electron chi connectivity index (χ0n) is 9.69. The molecule has 1 fully saturated rings. The van der Waals surface area contributed by atoms with Gasteiger partial charge >= 0.3 is 0 Å². The van der Waals surface area contributed by atoms with Crippen LogP contribution in [0.3, 0.4) is 0 Å². The van der Waals surface area contributed by atoms with Crippen LogP contribution in [0.1, 0.15) is 24.7 Å². The number of thiophene rings is 1. The molecule has 18 heavy (non-hydrogen) atoms. The van der Waals surface area contributed by atoms with Crippen LogP contribution in [0, 0.1) is 0 Å². The van der Waals surface area contributed by atoms with Crippen LogP contribution in [-0.4, -0.2) is 32.1 Å². The van der Waals surface area contributed by atoms with E-state index in [1.165, 1.54) is 0 Å². The molecule has 1 saturated heterocycles. The van der Waals surface area contributed by atoms with Gasteiger partial charge in [0.15, 0.2) is 11.6 Å². The Morgan fingerprint density at radius 2 is 2.33 bits per heavy atom. The van der Waals surface area contributed by atoms with Crippen LogP contribution in [0.4, 0.5) is 0 Å². The van der Waals surface area contributed by atoms with Crippen LogP contribution >= 0.6 is 11.3 Å². The van der Waals surface area contributed by atoms with Gasteiger partial charge < -0.3 is 9.47 Å². The Kier molecular flexibility index (Phi) is 2.08. The first-order chi connectivity index (χ1) is 8.88. The highest BCUT2D eigenvalue weighted by atomic mass is 32.1. The molecule has 2 unspecified atom stereocenters. The summed E-state index contributed by atoms with van der Waals surface area (Å²) in [5.41, 5.74) is 0. The van der Waals surface area contributed by atoms with Crippen molar-refractivity contribution in [2.24, 2.45) is 0 Å². The van der Waals surface area contributed by atoms with Crippen molar-refractivity contribution >= 4 is 17.7 Å². The summed E-state index contributed by atoms with van der Waals surface area (Å²) >= 11 is 1.68. The Morgan fingerprint density at radius 1 is 1.39 bits per heavy atom. The minimum atomic E-state index is 0.127. The topological polar surface area (TPSA) is 51.0 Å². The molecule has 0 spiro atoms. The Bertz CT molecular complexity index is 591. The second-order valence-electron chi connectivity index (χ2n) is 4.77. The molecule has 0 N–H and O–H groups in total. The van der Waals surface area contributed by atoms with E-state index in [9.17, 15) is 4.79 Å². The lowest BCUT2D eigenvalue weighted by Crippen LogP contribution is -2.39. The van der Waals surface area contributed by atoms with Crippen molar-refractivity contribution < 1.29 is 4.79 Å². The van der Waals surface area contributed by atoms with Crippen molar-refractivity contribution in [2.45, 2.75) is 31.5 Å². The summed E-state index contributed by atoms with van der Waals surface area (Å²) in [6.45, 7) is 0.824. The van der Waals surface area contributed by atoms with E-state index in [0.29, 0.717) is 6.04 Å². The molecule has 2 aliphatic rings. The number of nitrogens with zero attached hydrogens (tertiary/aromatic N) is 4. The summed E-state index contributed by atoms with van der Waals surface area (Å²) in [4.78, 5) is 14.2. The molecule has 0 saturated carbocycles. The first-order valence-electron chi connectivity index (χ1n) is 6.08. The van der Waals surface area contributed by atoms with Gasteiger partial charge in [-0.3, -0.25) is 4.79 Å². The molecule has 5 nitrogen and oxygen atoms in total. The van der Waals surface area contributed by atoms with Crippen molar-refractivity contribution in [1.29, 1.82) is 0 Å². The summed E-state index contributed by atoms with van der Waals surface area (Å²) < 4.78 is 2.19. The fraction of sp³-hybridized carbons (Fsp3) is 0.417. The number of rotatable bonds is 2. The summed E-state index contributed by atoms with van der Waals surface area (Å²) in [5, 5.41) is 10.7.